The molecule has 1 aliphatic heterocycles. The Morgan fingerprint density at radius 2 is 2.00 bits per heavy atom. The van der Waals surface area contributed by atoms with Crippen molar-refractivity contribution in [3.63, 3.8) is 0 Å². The molecular formula is C14H25NO3S. The molecule has 0 bridgehead atoms. The summed E-state index contributed by atoms with van der Waals surface area (Å²) >= 11 is 1.61. The van der Waals surface area contributed by atoms with E-state index in [2.05, 4.69) is 20.8 Å². The summed E-state index contributed by atoms with van der Waals surface area (Å²) in [6, 6.07) is 0. The lowest BCUT2D eigenvalue weighted by Gasteiger charge is -2.25. The zero-order chi connectivity index (χ0) is 14.7. The SMILES string of the molecule is CCCC1(C(=O)O)CCN(C(=O)CSC(C)(C)C)C1. The van der Waals surface area contributed by atoms with Gasteiger partial charge in [0.25, 0.3) is 0 Å². The number of hydrogen-bond donors (Lipinski definition) is 1. The lowest BCUT2D eigenvalue weighted by atomic mass is 9.83. The maximum Gasteiger partial charge on any atom is 0.311 e. The largest absolute Gasteiger partial charge is 0.481 e. The topological polar surface area (TPSA) is 57.6 Å². The molecule has 0 saturated carbocycles. The van der Waals surface area contributed by atoms with Gasteiger partial charge in [-0.25, -0.2) is 0 Å². The first kappa shape index (κ1) is 16.3. The second-order valence-corrected chi connectivity index (χ2v) is 8.10. The number of aliphatic carboxylic acids is 1. The average Bonchev–Trinajstić information content (AvgIpc) is 2.71. The average molecular weight is 287 g/mol. The number of carboxylic acid groups (broad SMARTS) is 1. The van der Waals surface area contributed by atoms with Gasteiger partial charge in [-0.3, -0.25) is 9.59 Å². The summed E-state index contributed by atoms with van der Waals surface area (Å²) in [6.07, 6.45) is 2.08. The molecule has 1 fully saturated rings. The van der Waals surface area contributed by atoms with Crippen LogP contribution in [0.25, 0.3) is 0 Å². The van der Waals surface area contributed by atoms with Gasteiger partial charge in [-0.2, -0.15) is 0 Å². The number of carbonyl (C=O) groups excluding carboxylic acids is 1. The number of hydrogen-bond acceptors (Lipinski definition) is 3. The monoisotopic (exact) mass is 287 g/mol. The molecule has 1 amide bonds. The van der Waals surface area contributed by atoms with Crippen molar-refractivity contribution in [3.05, 3.63) is 0 Å². The number of rotatable bonds is 5. The normalized spacial score (nSPS) is 23.7. The molecule has 5 heteroatoms. The van der Waals surface area contributed by atoms with Crippen molar-refractivity contribution in [3.8, 4) is 0 Å². The fourth-order valence-electron chi connectivity index (χ4n) is 2.42. The molecule has 4 nitrogen and oxygen atoms in total. The van der Waals surface area contributed by atoms with E-state index in [0.717, 1.165) is 6.42 Å². The molecule has 1 unspecified atom stereocenters. The van der Waals surface area contributed by atoms with Crippen molar-refractivity contribution in [2.75, 3.05) is 18.8 Å². The van der Waals surface area contributed by atoms with E-state index in [0.29, 0.717) is 31.7 Å². The fourth-order valence-corrected chi connectivity index (χ4v) is 3.16. The zero-order valence-electron chi connectivity index (χ0n) is 12.4. The third-order valence-electron chi connectivity index (χ3n) is 3.52. The Hall–Kier alpha value is -0.710. The van der Waals surface area contributed by atoms with Crippen LogP contribution < -0.4 is 0 Å². The molecule has 1 heterocycles. The van der Waals surface area contributed by atoms with Gasteiger partial charge in [-0.15, -0.1) is 11.8 Å². The minimum atomic E-state index is -0.756. The highest BCUT2D eigenvalue weighted by atomic mass is 32.2. The predicted octanol–water partition coefficient (Wildman–Crippen LogP) is 2.62. The summed E-state index contributed by atoms with van der Waals surface area (Å²) < 4.78 is 0.0582. The zero-order valence-corrected chi connectivity index (χ0v) is 13.2. The van der Waals surface area contributed by atoms with Gasteiger partial charge >= 0.3 is 5.97 Å². The first-order valence-corrected chi connectivity index (χ1v) is 7.84. The summed E-state index contributed by atoms with van der Waals surface area (Å²) in [5, 5.41) is 9.41. The third-order valence-corrected chi connectivity index (χ3v) is 4.77. The first-order valence-electron chi connectivity index (χ1n) is 6.85. The Balaban J connectivity index is 2.59. The fraction of sp³-hybridized carbons (Fsp3) is 0.857. The van der Waals surface area contributed by atoms with E-state index in [1.54, 1.807) is 16.7 Å². The lowest BCUT2D eigenvalue weighted by molar-refractivity contribution is -0.148. The van der Waals surface area contributed by atoms with Crippen LogP contribution in [0.4, 0.5) is 0 Å². The van der Waals surface area contributed by atoms with Crippen molar-refractivity contribution < 1.29 is 14.7 Å². The number of thioether (sulfide) groups is 1. The summed E-state index contributed by atoms with van der Waals surface area (Å²) in [5.74, 6) is -0.252. The lowest BCUT2D eigenvalue weighted by Crippen LogP contribution is -2.37. The standard InChI is InChI=1S/C14H25NO3S/c1-5-6-14(12(17)18)7-8-15(10-14)11(16)9-19-13(2,3)4/h5-10H2,1-4H3,(H,17,18). The van der Waals surface area contributed by atoms with Crippen LogP contribution in [-0.2, 0) is 9.59 Å². The van der Waals surface area contributed by atoms with Crippen LogP contribution >= 0.6 is 11.8 Å². The summed E-state index contributed by atoms with van der Waals surface area (Å²) in [6.45, 7) is 9.18. The van der Waals surface area contributed by atoms with E-state index in [-0.39, 0.29) is 10.7 Å². The van der Waals surface area contributed by atoms with Crippen LogP contribution in [0.5, 0.6) is 0 Å². The smallest absolute Gasteiger partial charge is 0.311 e. The molecule has 1 rings (SSSR count). The van der Waals surface area contributed by atoms with Gasteiger partial charge in [0.2, 0.25) is 5.91 Å². The van der Waals surface area contributed by atoms with Crippen molar-refractivity contribution in [1.82, 2.24) is 4.90 Å². The molecule has 19 heavy (non-hydrogen) atoms. The Morgan fingerprint density at radius 1 is 1.37 bits per heavy atom. The Kier molecular flexibility index (Phi) is 5.30. The van der Waals surface area contributed by atoms with Crippen LogP contribution in [0.3, 0.4) is 0 Å². The van der Waals surface area contributed by atoms with Crippen molar-refractivity contribution in [2.24, 2.45) is 5.41 Å². The molecule has 0 radical (unpaired) electrons. The quantitative estimate of drug-likeness (QED) is 0.844. The number of amides is 1. The highest BCUT2D eigenvalue weighted by Gasteiger charge is 2.45. The second kappa shape index (κ2) is 6.16. The minimum absolute atomic E-state index is 0.0582. The van der Waals surface area contributed by atoms with Crippen LogP contribution in [0.1, 0.15) is 47.0 Å². The first-order chi connectivity index (χ1) is 8.70. The summed E-state index contributed by atoms with van der Waals surface area (Å²) in [7, 11) is 0. The molecule has 1 saturated heterocycles. The molecule has 1 N–H and O–H groups in total. The highest BCUT2D eigenvalue weighted by Crippen LogP contribution is 2.36. The van der Waals surface area contributed by atoms with Crippen LogP contribution in [0, 0.1) is 5.41 Å². The highest BCUT2D eigenvalue weighted by molar-refractivity contribution is 8.01. The Bertz CT molecular complexity index is 351. The van der Waals surface area contributed by atoms with Gasteiger partial charge in [0.05, 0.1) is 11.2 Å². The van der Waals surface area contributed by atoms with Crippen molar-refractivity contribution >= 4 is 23.6 Å². The molecule has 0 aromatic rings. The van der Waals surface area contributed by atoms with Crippen molar-refractivity contribution in [2.45, 2.75) is 51.7 Å². The van der Waals surface area contributed by atoms with Gasteiger partial charge < -0.3 is 10.0 Å². The molecule has 0 aromatic heterocycles. The van der Waals surface area contributed by atoms with E-state index < -0.39 is 11.4 Å². The van der Waals surface area contributed by atoms with E-state index in [1.165, 1.54) is 0 Å². The summed E-state index contributed by atoms with van der Waals surface area (Å²) in [4.78, 5) is 25.3. The number of nitrogens with zero attached hydrogens (tertiary/aromatic N) is 1. The Morgan fingerprint density at radius 3 is 2.47 bits per heavy atom. The predicted molar refractivity (Wildman–Crippen MR) is 78.4 cm³/mol. The van der Waals surface area contributed by atoms with Gasteiger partial charge in [-0.1, -0.05) is 34.1 Å². The molecule has 1 aliphatic rings. The molecule has 0 aromatic carbocycles. The molecular weight excluding hydrogens is 262 g/mol. The maximum atomic E-state index is 12.1. The molecule has 0 aliphatic carbocycles. The number of carboxylic acids is 1. The third kappa shape index (κ3) is 4.41. The number of carbonyl (C=O) groups is 2. The number of likely N-dealkylation sites (tertiary alicyclic amines) is 1. The van der Waals surface area contributed by atoms with Crippen LogP contribution in [-0.4, -0.2) is 45.5 Å². The molecule has 0 spiro atoms. The van der Waals surface area contributed by atoms with Gasteiger partial charge in [0, 0.05) is 17.8 Å². The van der Waals surface area contributed by atoms with Gasteiger partial charge in [0.1, 0.15) is 0 Å². The van der Waals surface area contributed by atoms with E-state index in [4.69, 9.17) is 0 Å². The van der Waals surface area contributed by atoms with Gasteiger partial charge in [-0.05, 0) is 12.8 Å². The van der Waals surface area contributed by atoms with Crippen LogP contribution in [0.15, 0.2) is 0 Å². The summed E-state index contributed by atoms with van der Waals surface area (Å²) in [5.41, 5.74) is -0.711. The Labute approximate surface area is 119 Å². The maximum absolute atomic E-state index is 12.1. The molecule has 1 atom stereocenters. The van der Waals surface area contributed by atoms with E-state index >= 15 is 0 Å². The second-order valence-electron chi connectivity index (χ2n) is 6.30. The van der Waals surface area contributed by atoms with E-state index in [1.807, 2.05) is 6.92 Å². The molecule has 110 valence electrons. The van der Waals surface area contributed by atoms with Crippen molar-refractivity contribution in [1.29, 1.82) is 0 Å². The van der Waals surface area contributed by atoms with Crippen LogP contribution in [0.2, 0.25) is 0 Å². The minimum Gasteiger partial charge on any atom is -0.481 e. The van der Waals surface area contributed by atoms with E-state index in [9.17, 15) is 14.7 Å². The van der Waals surface area contributed by atoms with Gasteiger partial charge in [0.15, 0.2) is 0 Å².